The van der Waals surface area contributed by atoms with Gasteiger partial charge < -0.3 is 0 Å². The second-order valence-electron chi connectivity index (χ2n) is 4.00. The molecule has 0 unspecified atom stereocenters. The van der Waals surface area contributed by atoms with Crippen LogP contribution < -0.4 is 11.0 Å². The molecule has 6 nitrogen and oxygen atoms in total. The number of benzene rings is 2. The Bertz CT molecular complexity index is 534. The maximum atomic E-state index is 11.6. The molecule has 0 spiro atoms. The van der Waals surface area contributed by atoms with E-state index in [4.69, 9.17) is 9.68 Å². The van der Waals surface area contributed by atoms with Crippen molar-refractivity contribution in [3.63, 3.8) is 0 Å². The van der Waals surface area contributed by atoms with E-state index in [-0.39, 0.29) is 6.79 Å². The molecule has 0 saturated carbocycles. The van der Waals surface area contributed by atoms with E-state index in [2.05, 4.69) is 11.0 Å². The SMILES string of the molecule is O=C(NOCONC(=O)c1ccccc1)c1ccccc1. The van der Waals surface area contributed by atoms with Crippen LogP contribution in [0.15, 0.2) is 60.7 Å². The fourth-order valence-electron chi connectivity index (χ4n) is 1.52. The summed E-state index contributed by atoms with van der Waals surface area (Å²) in [6.45, 7) is -0.308. The Labute approximate surface area is 121 Å². The minimum Gasteiger partial charge on any atom is -0.267 e. The number of carbonyl (C=O) groups is 2. The number of amides is 2. The molecule has 0 fully saturated rings. The first-order valence-corrected chi connectivity index (χ1v) is 6.22. The van der Waals surface area contributed by atoms with Gasteiger partial charge in [0.2, 0.25) is 0 Å². The third kappa shape index (κ3) is 4.72. The van der Waals surface area contributed by atoms with Gasteiger partial charge in [0.05, 0.1) is 0 Å². The molecular weight excluding hydrogens is 272 g/mol. The lowest BCUT2D eigenvalue weighted by atomic mass is 10.2. The number of hydrogen-bond donors (Lipinski definition) is 2. The van der Waals surface area contributed by atoms with Crippen molar-refractivity contribution in [1.29, 1.82) is 0 Å². The third-order valence-corrected chi connectivity index (χ3v) is 2.52. The Kier molecular flexibility index (Phi) is 5.45. The topological polar surface area (TPSA) is 76.7 Å². The van der Waals surface area contributed by atoms with Crippen LogP contribution in [0.25, 0.3) is 0 Å². The fourth-order valence-corrected chi connectivity index (χ4v) is 1.52. The van der Waals surface area contributed by atoms with Crippen LogP contribution >= 0.6 is 0 Å². The molecule has 0 bridgehead atoms. The lowest BCUT2D eigenvalue weighted by molar-refractivity contribution is -0.115. The molecule has 0 aliphatic carbocycles. The Hall–Kier alpha value is -2.70. The van der Waals surface area contributed by atoms with E-state index in [1.807, 2.05) is 0 Å². The molecule has 0 aliphatic rings. The highest BCUT2D eigenvalue weighted by molar-refractivity contribution is 5.93. The minimum absolute atomic E-state index is 0.308. The standard InChI is InChI=1S/C15H14N2O4/c18-14(12-7-3-1-4-8-12)16-20-11-21-17-15(19)13-9-5-2-6-10-13/h1-10H,11H2,(H,16,18)(H,17,19). The van der Waals surface area contributed by atoms with Crippen molar-refractivity contribution in [3.8, 4) is 0 Å². The summed E-state index contributed by atoms with van der Waals surface area (Å²) < 4.78 is 0. The first kappa shape index (κ1) is 14.7. The van der Waals surface area contributed by atoms with E-state index < -0.39 is 11.8 Å². The predicted molar refractivity (Wildman–Crippen MR) is 74.9 cm³/mol. The Morgan fingerprint density at radius 1 is 0.714 bits per heavy atom. The van der Waals surface area contributed by atoms with Crippen LogP contribution in [-0.2, 0) is 9.68 Å². The lowest BCUT2D eigenvalue weighted by Crippen LogP contribution is -2.29. The second-order valence-corrected chi connectivity index (χ2v) is 4.00. The Morgan fingerprint density at radius 3 is 1.48 bits per heavy atom. The zero-order chi connectivity index (χ0) is 14.9. The molecule has 2 aromatic rings. The van der Waals surface area contributed by atoms with E-state index in [1.54, 1.807) is 60.7 Å². The van der Waals surface area contributed by atoms with E-state index in [0.29, 0.717) is 11.1 Å². The Morgan fingerprint density at radius 2 is 1.10 bits per heavy atom. The zero-order valence-electron chi connectivity index (χ0n) is 11.1. The van der Waals surface area contributed by atoms with Gasteiger partial charge in [0.15, 0.2) is 6.79 Å². The van der Waals surface area contributed by atoms with Crippen LogP contribution in [0.1, 0.15) is 20.7 Å². The highest BCUT2D eigenvalue weighted by Crippen LogP contribution is 1.98. The summed E-state index contributed by atoms with van der Waals surface area (Å²) in [6.07, 6.45) is 0. The molecule has 108 valence electrons. The zero-order valence-corrected chi connectivity index (χ0v) is 11.1. The van der Waals surface area contributed by atoms with Crippen molar-refractivity contribution in [1.82, 2.24) is 11.0 Å². The van der Waals surface area contributed by atoms with Crippen molar-refractivity contribution in [2.75, 3.05) is 6.79 Å². The fraction of sp³-hybridized carbons (Fsp3) is 0.0667. The molecule has 0 aliphatic heterocycles. The van der Waals surface area contributed by atoms with Gasteiger partial charge in [-0.25, -0.2) is 20.6 Å². The van der Waals surface area contributed by atoms with Crippen LogP contribution in [0.2, 0.25) is 0 Å². The third-order valence-electron chi connectivity index (χ3n) is 2.52. The molecule has 6 heteroatoms. The van der Waals surface area contributed by atoms with Gasteiger partial charge >= 0.3 is 0 Å². The molecule has 0 radical (unpaired) electrons. The molecule has 2 N–H and O–H groups in total. The van der Waals surface area contributed by atoms with Crippen molar-refractivity contribution in [3.05, 3.63) is 71.8 Å². The molecule has 0 heterocycles. The molecule has 0 saturated heterocycles. The molecule has 0 atom stereocenters. The van der Waals surface area contributed by atoms with Crippen molar-refractivity contribution in [2.45, 2.75) is 0 Å². The predicted octanol–water partition coefficient (Wildman–Crippen LogP) is 1.67. The van der Waals surface area contributed by atoms with Crippen LogP contribution in [-0.4, -0.2) is 18.6 Å². The largest absolute Gasteiger partial charge is 0.274 e. The first-order valence-electron chi connectivity index (χ1n) is 6.22. The van der Waals surface area contributed by atoms with Gasteiger partial charge in [-0.05, 0) is 24.3 Å². The summed E-state index contributed by atoms with van der Waals surface area (Å²) in [5.41, 5.74) is 5.32. The van der Waals surface area contributed by atoms with E-state index >= 15 is 0 Å². The molecule has 21 heavy (non-hydrogen) atoms. The Balaban J connectivity index is 1.64. The lowest BCUT2D eigenvalue weighted by Gasteiger charge is -2.07. The monoisotopic (exact) mass is 286 g/mol. The molecule has 2 rings (SSSR count). The average molecular weight is 286 g/mol. The van der Waals surface area contributed by atoms with Gasteiger partial charge in [-0.15, -0.1) is 0 Å². The van der Waals surface area contributed by atoms with Crippen LogP contribution in [0.5, 0.6) is 0 Å². The van der Waals surface area contributed by atoms with Crippen LogP contribution in [0.3, 0.4) is 0 Å². The smallest absolute Gasteiger partial charge is 0.267 e. The van der Waals surface area contributed by atoms with Gasteiger partial charge in [0.25, 0.3) is 11.8 Å². The second kappa shape index (κ2) is 7.78. The molecule has 2 amide bonds. The number of rotatable bonds is 6. The average Bonchev–Trinajstić information content (AvgIpc) is 2.55. The van der Waals surface area contributed by atoms with Gasteiger partial charge in [-0.2, -0.15) is 0 Å². The summed E-state index contributed by atoms with van der Waals surface area (Å²) >= 11 is 0. The maximum Gasteiger partial charge on any atom is 0.274 e. The van der Waals surface area contributed by atoms with E-state index in [1.165, 1.54) is 0 Å². The highest BCUT2D eigenvalue weighted by Gasteiger charge is 2.05. The summed E-state index contributed by atoms with van der Waals surface area (Å²) in [5, 5.41) is 0. The number of hydroxylamine groups is 2. The van der Waals surface area contributed by atoms with Gasteiger partial charge in [0.1, 0.15) is 0 Å². The molecule has 0 aromatic heterocycles. The van der Waals surface area contributed by atoms with Crippen molar-refractivity contribution in [2.24, 2.45) is 0 Å². The van der Waals surface area contributed by atoms with Crippen molar-refractivity contribution < 1.29 is 19.3 Å². The maximum absolute atomic E-state index is 11.6. The van der Waals surface area contributed by atoms with Gasteiger partial charge in [-0.1, -0.05) is 36.4 Å². The normalized spacial score (nSPS) is 9.90. The quantitative estimate of drug-likeness (QED) is 0.481. The van der Waals surface area contributed by atoms with Crippen LogP contribution in [0, 0.1) is 0 Å². The van der Waals surface area contributed by atoms with Gasteiger partial charge in [0, 0.05) is 11.1 Å². The summed E-state index contributed by atoms with van der Waals surface area (Å²) in [6, 6.07) is 17.2. The summed E-state index contributed by atoms with van der Waals surface area (Å²) in [5.74, 6) is -0.790. The summed E-state index contributed by atoms with van der Waals surface area (Å²) in [7, 11) is 0. The van der Waals surface area contributed by atoms with E-state index in [9.17, 15) is 9.59 Å². The molecule has 2 aromatic carbocycles. The number of nitrogens with one attached hydrogen (secondary N) is 2. The highest BCUT2D eigenvalue weighted by atomic mass is 16.8. The van der Waals surface area contributed by atoms with Crippen LogP contribution in [0.4, 0.5) is 0 Å². The number of hydrogen-bond acceptors (Lipinski definition) is 4. The molecular formula is C15H14N2O4. The van der Waals surface area contributed by atoms with Gasteiger partial charge in [-0.3, -0.25) is 9.59 Å². The van der Waals surface area contributed by atoms with Crippen molar-refractivity contribution >= 4 is 11.8 Å². The first-order chi connectivity index (χ1) is 10.3. The van der Waals surface area contributed by atoms with E-state index in [0.717, 1.165) is 0 Å². The number of carbonyl (C=O) groups excluding carboxylic acids is 2. The summed E-state index contributed by atoms with van der Waals surface area (Å²) in [4.78, 5) is 32.8. The minimum atomic E-state index is -0.395.